The summed E-state index contributed by atoms with van der Waals surface area (Å²) >= 11 is 0. The second kappa shape index (κ2) is 6.03. The van der Waals surface area contributed by atoms with Crippen LogP contribution in [0.25, 0.3) is 11.1 Å². The Morgan fingerprint density at radius 3 is 2.14 bits per heavy atom. The summed E-state index contributed by atoms with van der Waals surface area (Å²) in [5, 5.41) is 18.7. The number of hydrogen-bond donors (Lipinski definition) is 2. The number of hydrogen-bond acceptors (Lipinski definition) is 2. The van der Waals surface area contributed by atoms with E-state index in [1.54, 1.807) is 6.07 Å². The van der Waals surface area contributed by atoms with Crippen LogP contribution in [0.1, 0.15) is 31.9 Å². The molecule has 0 saturated carbocycles. The second-order valence-electron chi connectivity index (χ2n) is 6.02. The lowest BCUT2D eigenvalue weighted by atomic mass is 9.84. The van der Waals surface area contributed by atoms with Crippen LogP contribution in [0.4, 0.5) is 0 Å². The fraction of sp³-hybridized carbons (Fsp3) is 0.263. The van der Waals surface area contributed by atoms with Crippen molar-refractivity contribution in [2.75, 3.05) is 6.61 Å². The molecule has 2 N–H and O–H groups in total. The Hall–Kier alpha value is -2.24. The molecule has 0 radical (unpaired) electrons. The van der Waals surface area contributed by atoms with Gasteiger partial charge < -0.3 is 10.2 Å². The molecule has 2 rings (SSSR count). The SMILES string of the molecule is CC(C)(C)c1cc(-c2ccc(C#CCO)cc2)ccc1O. The highest BCUT2D eigenvalue weighted by Crippen LogP contribution is 2.34. The van der Waals surface area contributed by atoms with Crippen molar-refractivity contribution < 1.29 is 10.2 Å². The van der Waals surface area contributed by atoms with Gasteiger partial charge in [0.05, 0.1) is 0 Å². The first-order valence-electron chi connectivity index (χ1n) is 6.95. The molecular formula is C19H20O2. The van der Waals surface area contributed by atoms with Crippen molar-refractivity contribution in [3.05, 3.63) is 53.6 Å². The largest absolute Gasteiger partial charge is 0.508 e. The maximum absolute atomic E-state index is 10.0. The molecule has 0 saturated heterocycles. The fourth-order valence-electron chi connectivity index (χ4n) is 2.20. The minimum absolute atomic E-state index is 0.105. The third-order valence-electron chi connectivity index (χ3n) is 3.33. The number of aromatic hydroxyl groups is 1. The van der Waals surface area contributed by atoms with E-state index in [4.69, 9.17) is 5.11 Å². The van der Waals surface area contributed by atoms with E-state index in [0.29, 0.717) is 5.75 Å². The summed E-state index contributed by atoms with van der Waals surface area (Å²) < 4.78 is 0. The van der Waals surface area contributed by atoms with Crippen molar-refractivity contribution in [1.82, 2.24) is 0 Å². The van der Waals surface area contributed by atoms with E-state index in [0.717, 1.165) is 22.3 Å². The van der Waals surface area contributed by atoms with Gasteiger partial charge in [0.2, 0.25) is 0 Å². The van der Waals surface area contributed by atoms with Crippen LogP contribution in [-0.2, 0) is 5.41 Å². The average Bonchev–Trinajstić information content (AvgIpc) is 2.45. The summed E-state index contributed by atoms with van der Waals surface area (Å²) in [6, 6.07) is 13.6. The Bertz CT molecular complexity index is 680. The molecule has 2 aromatic rings. The highest BCUT2D eigenvalue weighted by atomic mass is 16.3. The minimum Gasteiger partial charge on any atom is -0.508 e. The van der Waals surface area contributed by atoms with Crippen LogP contribution in [0.2, 0.25) is 0 Å². The highest BCUT2D eigenvalue weighted by Gasteiger charge is 2.18. The molecular weight excluding hydrogens is 260 g/mol. The Morgan fingerprint density at radius 1 is 0.952 bits per heavy atom. The second-order valence-corrected chi connectivity index (χ2v) is 6.02. The molecule has 0 atom stereocenters. The number of benzene rings is 2. The summed E-state index contributed by atoms with van der Waals surface area (Å²) in [5.41, 5.74) is 3.85. The third-order valence-corrected chi connectivity index (χ3v) is 3.33. The van der Waals surface area contributed by atoms with Crippen molar-refractivity contribution in [2.24, 2.45) is 0 Å². The maximum atomic E-state index is 10.0. The summed E-state index contributed by atoms with van der Waals surface area (Å²) in [6.07, 6.45) is 0. The zero-order valence-electron chi connectivity index (χ0n) is 12.6. The first-order chi connectivity index (χ1) is 9.91. The molecule has 0 unspecified atom stereocenters. The smallest absolute Gasteiger partial charge is 0.119 e. The van der Waals surface area contributed by atoms with Crippen LogP contribution in [0.15, 0.2) is 42.5 Å². The van der Waals surface area contributed by atoms with E-state index in [2.05, 4.69) is 32.6 Å². The van der Waals surface area contributed by atoms with Crippen LogP contribution in [0.3, 0.4) is 0 Å². The number of aliphatic hydroxyl groups is 1. The first kappa shape index (κ1) is 15.2. The highest BCUT2D eigenvalue weighted by molar-refractivity contribution is 5.67. The molecule has 0 aliphatic rings. The molecule has 2 heteroatoms. The lowest BCUT2D eigenvalue weighted by Gasteiger charge is -2.21. The molecule has 0 fully saturated rings. The van der Waals surface area contributed by atoms with E-state index >= 15 is 0 Å². The number of rotatable bonds is 1. The monoisotopic (exact) mass is 280 g/mol. The van der Waals surface area contributed by atoms with Gasteiger partial charge in [-0.2, -0.15) is 0 Å². The summed E-state index contributed by atoms with van der Waals surface area (Å²) in [6.45, 7) is 6.12. The lowest BCUT2D eigenvalue weighted by Crippen LogP contribution is -2.11. The molecule has 108 valence electrons. The Balaban J connectivity index is 2.39. The van der Waals surface area contributed by atoms with Crippen LogP contribution in [-0.4, -0.2) is 16.8 Å². The Kier molecular flexibility index (Phi) is 4.35. The predicted molar refractivity (Wildman–Crippen MR) is 86.2 cm³/mol. The van der Waals surface area contributed by atoms with Gasteiger partial charge in [0.1, 0.15) is 12.4 Å². The zero-order chi connectivity index (χ0) is 15.5. The van der Waals surface area contributed by atoms with Crippen molar-refractivity contribution in [3.63, 3.8) is 0 Å². The molecule has 0 bridgehead atoms. The van der Waals surface area contributed by atoms with E-state index in [1.165, 1.54) is 0 Å². The van der Waals surface area contributed by atoms with Crippen molar-refractivity contribution in [2.45, 2.75) is 26.2 Å². The van der Waals surface area contributed by atoms with Gasteiger partial charge >= 0.3 is 0 Å². The molecule has 2 nitrogen and oxygen atoms in total. The van der Waals surface area contributed by atoms with E-state index in [-0.39, 0.29) is 12.0 Å². The van der Waals surface area contributed by atoms with Crippen molar-refractivity contribution in [3.8, 4) is 28.7 Å². The van der Waals surface area contributed by atoms with Crippen molar-refractivity contribution >= 4 is 0 Å². The van der Waals surface area contributed by atoms with E-state index < -0.39 is 0 Å². The van der Waals surface area contributed by atoms with Crippen LogP contribution in [0.5, 0.6) is 5.75 Å². The van der Waals surface area contributed by atoms with Gasteiger partial charge in [-0.25, -0.2) is 0 Å². The summed E-state index contributed by atoms with van der Waals surface area (Å²) in [4.78, 5) is 0. The zero-order valence-corrected chi connectivity index (χ0v) is 12.6. The number of phenolic OH excluding ortho intramolecular Hbond substituents is 1. The maximum Gasteiger partial charge on any atom is 0.119 e. The normalized spacial score (nSPS) is 10.9. The van der Waals surface area contributed by atoms with Gasteiger partial charge in [0.15, 0.2) is 0 Å². The molecule has 0 aliphatic carbocycles. The summed E-state index contributed by atoms with van der Waals surface area (Å²) in [7, 11) is 0. The molecule has 0 heterocycles. The lowest BCUT2D eigenvalue weighted by molar-refractivity contribution is 0.350. The Morgan fingerprint density at radius 2 is 1.57 bits per heavy atom. The fourth-order valence-corrected chi connectivity index (χ4v) is 2.20. The average molecular weight is 280 g/mol. The molecule has 21 heavy (non-hydrogen) atoms. The molecule has 0 amide bonds. The van der Waals surface area contributed by atoms with E-state index in [9.17, 15) is 5.11 Å². The molecule has 2 aromatic carbocycles. The standard InChI is InChI=1S/C19H20O2/c1-19(2,3)17-13-16(10-11-18(17)21)15-8-6-14(7-9-15)5-4-12-20/h6-11,13,20-21H,12H2,1-3H3. The van der Waals surface area contributed by atoms with Crippen molar-refractivity contribution in [1.29, 1.82) is 0 Å². The third kappa shape index (κ3) is 3.65. The molecule has 0 aliphatic heterocycles. The molecule has 0 aromatic heterocycles. The topological polar surface area (TPSA) is 40.5 Å². The van der Waals surface area contributed by atoms with E-state index in [1.807, 2.05) is 36.4 Å². The van der Waals surface area contributed by atoms with Crippen LogP contribution in [0, 0.1) is 11.8 Å². The van der Waals surface area contributed by atoms with Gasteiger partial charge in [-0.05, 0) is 46.4 Å². The van der Waals surface area contributed by atoms with Gasteiger partial charge in [-0.15, -0.1) is 0 Å². The first-order valence-corrected chi connectivity index (χ1v) is 6.95. The van der Waals surface area contributed by atoms with Gasteiger partial charge in [0.25, 0.3) is 0 Å². The number of aliphatic hydroxyl groups excluding tert-OH is 1. The quantitative estimate of drug-likeness (QED) is 0.782. The van der Waals surface area contributed by atoms with Gasteiger partial charge in [-0.1, -0.05) is 50.8 Å². The van der Waals surface area contributed by atoms with Gasteiger partial charge in [0, 0.05) is 5.56 Å². The van der Waals surface area contributed by atoms with Crippen LogP contribution >= 0.6 is 0 Å². The number of phenols is 1. The molecule has 0 spiro atoms. The minimum atomic E-state index is -0.130. The Labute approximate surface area is 126 Å². The van der Waals surface area contributed by atoms with Gasteiger partial charge in [-0.3, -0.25) is 0 Å². The summed E-state index contributed by atoms with van der Waals surface area (Å²) in [5.74, 6) is 5.84. The van der Waals surface area contributed by atoms with Crippen LogP contribution < -0.4 is 0 Å². The predicted octanol–water partition coefficient (Wildman–Crippen LogP) is 3.70.